The van der Waals surface area contributed by atoms with Crippen LogP contribution in [0.25, 0.3) is 16.8 Å². The molecule has 1 N–H and O–H groups in total. The Hall–Kier alpha value is -3.38. The predicted octanol–water partition coefficient (Wildman–Crippen LogP) is 4.25. The molecule has 6 nitrogen and oxygen atoms in total. The van der Waals surface area contributed by atoms with Crippen molar-refractivity contribution in [1.82, 2.24) is 14.6 Å². The average molecular weight is 377 g/mol. The van der Waals surface area contributed by atoms with Crippen LogP contribution in [0.3, 0.4) is 0 Å². The van der Waals surface area contributed by atoms with E-state index < -0.39 is 0 Å². The van der Waals surface area contributed by atoms with E-state index in [0.29, 0.717) is 17.0 Å². The number of ether oxygens (including phenoxy) is 1. The zero-order valence-corrected chi connectivity index (χ0v) is 15.0. The van der Waals surface area contributed by atoms with Gasteiger partial charge in [0.15, 0.2) is 11.5 Å². The first-order valence-electron chi connectivity index (χ1n) is 8.25. The zero-order valence-electron chi connectivity index (χ0n) is 14.2. The molecule has 1 aliphatic heterocycles. The Balaban J connectivity index is 1.88. The lowest BCUT2D eigenvalue weighted by Crippen LogP contribution is -2.04. The number of benzene rings is 2. The molecule has 0 atom stereocenters. The standard InChI is InChI=1S/C20H13ClN4O2/c1-27-15-7-6-12(16(21)20(15)26)17-13-8-9-25-19(13)18(22-10-23-25)11-4-2-3-5-14(11)24-17/h2-10,26H,1H3. The van der Waals surface area contributed by atoms with Crippen LogP contribution in [0.2, 0.25) is 5.02 Å². The van der Waals surface area contributed by atoms with Crippen LogP contribution in [0.5, 0.6) is 11.5 Å². The van der Waals surface area contributed by atoms with E-state index in [0.717, 1.165) is 28.0 Å². The van der Waals surface area contributed by atoms with Gasteiger partial charge in [0, 0.05) is 22.9 Å². The van der Waals surface area contributed by atoms with Gasteiger partial charge in [0.1, 0.15) is 17.5 Å². The molecule has 0 radical (unpaired) electrons. The minimum atomic E-state index is -0.114. The van der Waals surface area contributed by atoms with Crippen molar-refractivity contribution in [3.8, 4) is 22.8 Å². The van der Waals surface area contributed by atoms with Crippen molar-refractivity contribution in [2.75, 3.05) is 7.11 Å². The fraction of sp³-hybridized carbons (Fsp3) is 0.0500. The number of rotatable bonds is 2. The molecular formula is C20H13ClN4O2. The molecule has 3 heterocycles. The van der Waals surface area contributed by atoms with E-state index in [1.54, 1.807) is 16.6 Å². The molecular weight excluding hydrogens is 364 g/mol. The highest BCUT2D eigenvalue weighted by molar-refractivity contribution is 6.38. The summed E-state index contributed by atoms with van der Waals surface area (Å²) in [5, 5.41) is 14.9. The van der Waals surface area contributed by atoms with Crippen molar-refractivity contribution in [3.05, 3.63) is 71.1 Å². The number of aromatic nitrogens is 3. The van der Waals surface area contributed by atoms with Crippen molar-refractivity contribution in [2.45, 2.75) is 0 Å². The number of halogens is 1. The Morgan fingerprint density at radius 2 is 1.89 bits per heavy atom. The van der Waals surface area contributed by atoms with E-state index in [1.807, 2.05) is 36.5 Å². The number of phenolic OH excluding ortho intramolecular Hbond substituents is 1. The Morgan fingerprint density at radius 1 is 1.04 bits per heavy atom. The second-order valence-electron chi connectivity index (χ2n) is 6.09. The first kappa shape index (κ1) is 15.8. The molecule has 5 rings (SSSR count). The van der Waals surface area contributed by atoms with Gasteiger partial charge in [-0.1, -0.05) is 29.8 Å². The monoisotopic (exact) mass is 376 g/mol. The largest absolute Gasteiger partial charge is 0.503 e. The number of nitrogens with zero attached hydrogens (tertiary/aromatic N) is 4. The topological polar surface area (TPSA) is 72.0 Å². The fourth-order valence-electron chi connectivity index (χ4n) is 3.39. The fourth-order valence-corrected chi connectivity index (χ4v) is 3.64. The van der Waals surface area contributed by atoms with Gasteiger partial charge in [-0.2, -0.15) is 5.10 Å². The molecule has 0 saturated heterocycles. The molecule has 2 aromatic heterocycles. The first-order valence-corrected chi connectivity index (χ1v) is 8.63. The Kier molecular flexibility index (Phi) is 3.42. The maximum atomic E-state index is 10.4. The van der Waals surface area contributed by atoms with E-state index in [9.17, 15) is 5.11 Å². The van der Waals surface area contributed by atoms with Crippen LogP contribution < -0.4 is 4.74 Å². The van der Waals surface area contributed by atoms with Crippen LogP contribution in [0, 0.1) is 0 Å². The average Bonchev–Trinajstić information content (AvgIpc) is 3.07. The maximum absolute atomic E-state index is 10.4. The lowest BCUT2D eigenvalue weighted by atomic mass is 10.0. The van der Waals surface area contributed by atoms with Gasteiger partial charge in [0.2, 0.25) is 0 Å². The third-order valence-corrected chi connectivity index (χ3v) is 5.04. The Bertz CT molecular complexity index is 1250. The van der Waals surface area contributed by atoms with Gasteiger partial charge in [-0.05, 0) is 24.3 Å². The van der Waals surface area contributed by atoms with Gasteiger partial charge in [-0.15, -0.1) is 0 Å². The minimum absolute atomic E-state index is 0.114. The molecule has 2 aromatic carbocycles. The summed E-state index contributed by atoms with van der Waals surface area (Å²) in [5.41, 5.74) is 5.41. The lowest BCUT2D eigenvalue weighted by molar-refractivity contribution is 0.373. The highest BCUT2D eigenvalue weighted by Gasteiger charge is 2.25. The van der Waals surface area contributed by atoms with Crippen LogP contribution >= 0.6 is 11.6 Å². The van der Waals surface area contributed by atoms with Crippen molar-refractivity contribution < 1.29 is 9.84 Å². The van der Waals surface area contributed by atoms with Gasteiger partial charge in [0.05, 0.1) is 23.5 Å². The summed E-state index contributed by atoms with van der Waals surface area (Å²) in [7, 11) is 1.48. The van der Waals surface area contributed by atoms with E-state index in [2.05, 4.69) is 10.1 Å². The summed E-state index contributed by atoms with van der Waals surface area (Å²) in [4.78, 5) is 9.38. The van der Waals surface area contributed by atoms with Crippen LogP contribution in [-0.2, 0) is 0 Å². The number of para-hydroxylation sites is 1. The van der Waals surface area contributed by atoms with Crippen molar-refractivity contribution in [3.63, 3.8) is 0 Å². The third kappa shape index (κ3) is 2.23. The van der Waals surface area contributed by atoms with E-state index in [-0.39, 0.29) is 10.8 Å². The van der Waals surface area contributed by atoms with E-state index in [4.69, 9.17) is 21.3 Å². The number of hydrogen-bond acceptors (Lipinski definition) is 5. The van der Waals surface area contributed by atoms with Crippen LogP contribution in [-0.4, -0.2) is 32.5 Å². The number of hydrogen-bond donors (Lipinski definition) is 1. The van der Waals surface area contributed by atoms with Crippen LogP contribution in [0.15, 0.2) is 60.0 Å². The molecule has 27 heavy (non-hydrogen) atoms. The highest BCUT2D eigenvalue weighted by Crippen LogP contribution is 2.41. The smallest absolute Gasteiger partial charge is 0.177 e. The Labute approximate surface area is 159 Å². The quantitative estimate of drug-likeness (QED) is 0.500. The molecule has 4 aromatic rings. The second-order valence-corrected chi connectivity index (χ2v) is 6.46. The summed E-state index contributed by atoms with van der Waals surface area (Å²) in [6.07, 6.45) is 3.39. The normalized spacial score (nSPS) is 12.4. The van der Waals surface area contributed by atoms with Gasteiger partial charge in [0.25, 0.3) is 0 Å². The summed E-state index contributed by atoms with van der Waals surface area (Å²) in [5.74, 6) is 0.195. The van der Waals surface area contributed by atoms with Crippen LogP contribution in [0.1, 0.15) is 11.1 Å². The molecule has 132 valence electrons. The third-order valence-electron chi connectivity index (χ3n) is 4.65. The van der Waals surface area contributed by atoms with Gasteiger partial charge >= 0.3 is 0 Å². The summed E-state index contributed by atoms with van der Waals surface area (Å²) in [6, 6.07) is 13.2. The second kappa shape index (κ2) is 5.82. The molecule has 0 bridgehead atoms. The zero-order chi connectivity index (χ0) is 18.5. The molecule has 0 amide bonds. The molecule has 0 aliphatic carbocycles. The van der Waals surface area contributed by atoms with E-state index >= 15 is 0 Å². The molecule has 0 spiro atoms. The number of fused-ring (bicyclic) bond motifs is 2. The summed E-state index contributed by atoms with van der Waals surface area (Å²) < 4.78 is 6.92. The first-order chi connectivity index (χ1) is 13.2. The van der Waals surface area contributed by atoms with Crippen molar-refractivity contribution in [2.24, 2.45) is 4.99 Å². The number of phenols is 1. The Morgan fingerprint density at radius 3 is 2.74 bits per heavy atom. The van der Waals surface area contributed by atoms with Gasteiger partial charge in [-0.25, -0.2) is 14.5 Å². The molecule has 0 fully saturated rings. The molecule has 1 aliphatic rings. The number of methoxy groups -OCH3 is 1. The molecule has 7 heteroatoms. The summed E-state index contributed by atoms with van der Waals surface area (Å²) in [6.45, 7) is 0. The van der Waals surface area contributed by atoms with Crippen molar-refractivity contribution >= 4 is 28.5 Å². The molecule has 0 unspecified atom stereocenters. The SMILES string of the molecule is COc1ccc(C2=Nc3ccccc3-c3ncnn4ccc2c34)c(Cl)c1O. The van der Waals surface area contributed by atoms with Crippen molar-refractivity contribution in [1.29, 1.82) is 0 Å². The highest BCUT2D eigenvalue weighted by atomic mass is 35.5. The number of aromatic hydroxyl groups is 1. The van der Waals surface area contributed by atoms with Gasteiger partial charge in [-0.3, -0.25) is 0 Å². The maximum Gasteiger partial charge on any atom is 0.177 e. The summed E-state index contributed by atoms with van der Waals surface area (Å²) >= 11 is 6.47. The van der Waals surface area contributed by atoms with E-state index in [1.165, 1.54) is 13.4 Å². The lowest BCUT2D eigenvalue weighted by Gasteiger charge is -2.11. The number of aliphatic imine (C=N–C) groups is 1. The van der Waals surface area contributed by atoms with Crippen LogP contribution in [0.4, 0.5) is 5.69 Å². The molecule has 0 saturated carbocycles. The predicted molar refractivity (Wildman–Crippen MR) is 103 cm³/mol. The minimum Gasteiger partial charge on any atom is -0.503 e. The van der Waals surface area contributed by atoms with Gasteiger partial charge < -0.3 is 9.84 Å².